The number of benzene rings is 2. The molecule has 2 aliphatic heterocycles. The summed E-state index contributed by atoms with van der Waals surface area (Å²) >= 11 is 0. The lowest BCUT2D eigenvalue weighted by molar-refractivity contribution is 0.102. The van der Waals surface area contributed by atoms with E-state index < -0.39 is 11.1 Å². The molecule has 3 heterocycles. The SMILES string of the molecule is Cn1c(=O)c(=O)n(C)c2cc(N3CCCC3)c(NC(=O)c3ccc4c(c3)OCO4)cc21. The smallest absolute Gasteiger partial charge is 0.316 e. The summed E-state index contributed by atoms with van der Waals surface area (Å²) in [6, 6.07) is 8.66. The van der Waals surface area contributed by atoms with Gasteiger partial charge in [0.05, 0.1) is 22.4 Å². The zero-order valence-corrected chi connectivity index (χ0v) is 17.3. The molecule has 1 fully saturated rings. The predicted molar refractivity (Wildman–Crippen MR) is 116 cm³/mol. The van der Waals surface area contributed by atoms with Gasteiger partial charge in [-0.2, -0.15) is 0 Å². The number of ether oxygens (including phenoxy) is 2. The van der Waals surface area contributed by atoms with Gasteiger partial charge in [0, 0.05) is 32.7 Å². The molecule has 0 radical (unpaired) electrons. The highest BCUT2D eigenvalue weighted by Gasteiger charge is 2.22. The third-order valence-electron chi connectivity index (χ3n) is 5.94. The molecule has 1 saturated heterocycles. The molecule has 160 valence electrons. The van der Waals surface area contributed by atoms with Gasteiger partial charge in [-0.25, -0.2) is 0 Å². The highest BCUT2D eigenvalue weighted by molar-refractivity contribution is 6.07. The van der Waals surface area contributed by atoms with E-state index in [1.807, 2.05) is 6.07 Å². The van der Waals surface area contributed by atoms with Crippen molar-refractivity contribution in [3.8, 4) is 11.5 Å². The van der Waals surface area contributed by atoms with E-state index in [0.717, 1.165) is 31.6 Å². The highest BCUT2D eigenvalue weighted by Crippen LogP contribution is 2.35. The number of rotatable bonds is 3. The van der Waals surface area contributed by atoms with Crippen LogP contribution in [0.3, 0.4) is 0 Å². The van der Waals surface area contributed by atoms with Gasteiger partial charge in [0.1, 0.15) is 0 Å². The molecule has 5 rings (SSSR count). The van der Waals surface area contributed by atoms with Crippen LogP contribution in [0.4, 0.5) is 11.4 Å². The first-order chi connectivity index (χ1) is 14.9. The molecular formula is C22H22N4O5. The molecule has 1 N–H and O–H groups in total. The van der Waals surface area contributed by atoms with Gasteiger partial charge in [0.2, 0.25) is 6.79 Å². The van der Waals surface area contributed by atoms with Crippen LogP contribution in [0.5, 0.6) is 11.5 Å². The Hall–Kier alpha value is -3.75. The van der Waals surface area contributed by atoms with Crippen LogP contribution in [0.2, 0.25) is 0 Å². The van der Waals surface area contributed by atoms with Gasteiger partial charge in [-0.3, -0.25) is 14.4 Å². The van der Waals surface area contributed by atoms with Crippen LogP contribution in [0.25, 0.3) is 11.0 Å². The van der Waals surface area contributed by atoms with Gasteiger partial charge in [-0.15, -0.1) is 0 Å². The molecule has 0 atom stereocenters. The lowest BCUT2D eigenvalue weighted by atomic mass is 10.1. The van der Waals surface area contributed by atoms with Crippen molar-refractivity contribution < 1.29 is 14.3 Å². The standard InChI is InChI=1S/C22H22N4O5/c1-24-16-10-14(23-20(27)13-5-6-18-19(9-13)31-12-30-18)15(26-7-3-4-8-26)11-17(16)25(2)22(29)21(24)28/h5-6,9-11H,3-4,7-8,12H2,1-2H3,(H,23,27). The van der Waals surface area contributed by atoms with Crippen molar-refractivity contribution in [3.05, 3.63) is 56.6 Å². The molecule has 0 unspecified atom stereocenters. The van der Waals surface area contributed by atoms with Gasteiger partial charge in [-0.05, 0) is 43.2 Å². The first-order valence-corrected chi connectivity index (χ1v) is 10.1. The molecule has 0 saturated carbocycles. The molecule has 9 heteroatoms. The number of nitrogens with zero attached hydrogens (tertiary/aromatic N) is 3. The zero-order chi connectivity index (χ0) is 21.7. The first kappa shape index (κ1) is 19.2. The van der Waals surface area contributed by atoms with E-state index in [9.17, 15) is 14.4 Å². The van der Waals surface area contributed by atoms with Gasteiger partial charge >= 0.3 is 11.1 Å². The minimum absolute atomic E-state index is 0.136. The number of aromatic nitrogens is 2. The zero-order valence-electron chi connectivity index (χ0n) is 17.3. The van der Waals surface area contributed by atoms with Crippen molar-refractivity contribution in [1.82, 2.24) is 9.13 Å². The Morgan fingerprint density at radius 1 is 0.903 bits per heavy atom. The van der Waals surface area contributed by atoms with Crippen molar-refractivity contribution >= 4 is 28.3 Å². The van der Waals surface area contributed by atoms with Crippen LogP contribution < -0.4 is 30.8 Å². The average molecular weight is 422 g/mol. The Balaban J connectivity index is 1.62. The third-order valence-corrected chi connectivity index (χ3v) is 5.94. The first-order valence-electron chi connectivity index (χ1n) is 10.1. The van der Waals surface area contributed by atoms with E-state index in [1.54, 1.807) is 38.4 Å². The maximum atomic E-state index is 13.0. The van der Waals surface area contributed by atoms with Crippen LogP contribution >= 0.6 is 0 Å². The summed E-state index contributed by atoms with van der Waals surface area (Å²) in [6.45, 7) is 1.85. The summed E-state index contributed by atoms with van der Waals surface area (Å²) in [5.41, 5.74) is 1.85. The summed E-state index contributed by atoms with van der Waals surface area (Å²) in [5, 5.41) is 2.99. The maximum Gasteiger partial charge on any atom is 0.316 e. The summed E-state index contributed by atoms with van der Waals surface area (Å²) in [5.74, 6) is 0.840. The largest absolute Gasteiger partial charge is 0.454 e. The normalized spacial score (nSPS) is 15.0. The topological polar surface area (TPSA) is 94.8 Å². The van der Waals surface area contributed by atoms with E-state index in [2.05, 4.69) is 10.2 Å². The fourth-order valence-corrected chi connectivity index (χ4v) is 4.16. The Labute approximate surface area is 177 Å². The van der Waals surface area contributed by atoms with Crippen molar-refractivity contribution in [2.45, 2.75) is 12.8 Å². The number of carbonyl (C=O) groups is 1. The van der Waals surface area contributed by atoms with Crippen LogP contribution in [-0.4, -0.2) is 34.9 Å². The number of aryl methyl sites for hydroxylation is 2. The van der Waals surface area contributed by atoms with Crippen molar-refractivity contribution in [2.75, 3.05) is 30.1 Å². The molecule has 3 aromatic rings. The van der Waals surface area contributed by atoms with E-state index in [4.69, 9.17) is 9.47 Å². The molecule has 0 bridgehead atoms. The molecule has 9 nitrogen and oxygen atoms in total. The number of amides is 1. The molecule has 31 heavy (non-hydrogen) atoms. The summed E-state index contributed by atoms with van der Waals surface area (Å²) in [4.78, 5) is 39.8. The second-order valence-corrected chi connectivity index (χ2v) is 7.80. The van der Waals surface area contributed by atoms with Crippen LogP contribution in [0, 0.1) is 0 Å². The fourth-order valence-electron chi connectivity index (χ4n) is 4.16. The number of anilines is 2. The number of hydrogen-bond acceptors (Lipinski definition) is 6. The monoisotopic (exact) mass is 422 g/mol. The van der Waals surface area contributed by atoms with E-state index in [0.29, 0.717) is 33.8 Å². The second kappa shape index (κ2) is 7.19. The minimum atomic E-state index is -0.614. The maximum absolute atomic E-state index is 13.0. The van der Waals surface area contributed by atoms with E-state index >= 15 is 0 Å². The number of nitrogens with one attached hydrogen (secondary N) is 1. The molecule has 1 amide bonds. The second-order valence-electron chi connectivity index (χ2n) is 7.80. The van der Waals surface area contributed by atoms with E-state index in [-0.39, 0.29) is 12.7 Å². The Kier molecular flexibility index (Phi) is 4.46. The van der Waals surface area contributed by atoms with Crippen molar-refractivity contribution in [3.63, 3.8) is 0 Å². The number of fused-ring (bicyclic) bond motifs is 2. The summed E-state index contributed by atoms with van der Waals surface area (Å²) in [7, 11) is 3.15. The van der Waals surface area contributed by atoms with Crippen molar-refractivity contribution in [1.29, 1.82) is 0 Å². The molecule has 1 aromatic heterocycles. The Bertz CT molecular complexity index is 1330. The Morgan fingerprint density at radius 3 is 2.26 bits per heavy atom. The fraction of sp³-hybridized carbons (Fsp3) is 0.318. The molecule has 0 aliphatic carbocycles. The molecule has 0 spiro atoms. The number of hydrogen-bond donors (Lipinski definition) is 1. The van der Waals surface area contributed by atoms with Crippen LogP contribution in [0.1, 0.15) is 23.2 Å². The Morgan fingerprint density at radius 2 is 1.55 bits per heavy atom. The lowest BCUT2D eigenvalue weighted by Gasteiger charge is -2.23. The van der Waals surface area contributed by atoms with Crippen LogP contribution in [-0.2, 0) is 14.1 Å². The molecule has 2 aliphatic rings. The molecule has 2 aromatic carbocycles. The number of carbonyl (C=O) groups excluding carboxylic acids is 1. The third kappa shape index (κ3) is 3.13. The quantitative estimate of drug-likeness (QED) is 0.647. The van der Waals surface area contributed by atoms with Crippen LogP contribution in [0.15, 0.2) is 39.9 Å². The van der Waals surface area contributed by atoms with Gasteiger partial charge in [0.25, 0.3) is 5.91 Å². The van der Waals surface area contributed by atoms with Gasteiger partial charge < -0.3 is 28.8 Å². The lowest BCUT2D eigenvalue weighted by Crippen LogP contribution is -2.39. The molecular weight excluding hydrogens is 400 g/mol. The highest BCUT2D eigenvalue weighted by atomic mass is 16.7. The van der Waals surface area contributed by atoms with E-state index in [1.165, 1.54) is 9.13 Å². The summed E-state index contributed by atoms with van der Waals surface area (Å²) in [6.07, 6.45) is 2.11. The minimum Gasteiger partial charge on any atom is -0.454 e. The summed E-state index contributed by atoms with van der Waals surface area (Å²) < 4.78 is 13.4. The predicted octanol–water partition coefficient (Wildman–Crippen LogP) is 1.82. The van der Waals surface area contributed by atoms with Gasteiger partial charge in [-0.1, -0.05) is 0 Å². The average Bonchev–Trinajstić information content (AvgIpc) is 3.47. The van der Waals surface area contributed by atoms with Crippen molar-refractivity contribution in [2.24, 2.45) is 14.1 Å². The van der Waals surface area contributed by atoms with Gasteiger partial charge in [0.15, 0.2) is 11.5 Å².